The van der Waals surface area contributed by atoms with Crippen molar-refractivity contribution in [2.45, 2.75) is 12.5 Å². The molecule has 0 spiro atoms. The minimum atomic E-state index is -0.212. The Bertz CT molecular complexity index is 339. The van der Waals surface area contributed by atoms with Crippen LogP contribution in [0.5, 0.6) is 0 Å². The number of hydrogen-bond donors (Lipinski definition) is 2. The van der Waals surface area contributed by atoms with Crippen molar-refractivity contribution in [2.75, 3.05) is 26.2 Å². The normalized spacial score (nSPS) is 22.1. The van der Waals surface area contributed by atoms with Gasteiger partial charge in [-0.15, -0.1) is 0 Å². The summed E-state index contributed by atoms with van der Waals surface area (Å²) in [5.74, 6) is 0.139. The van der Waals surface area contributed by atoms with Crippen LogP contribution in [0.1, 0.15) is 5.56 Å². The third-order valence-corrected chi connectivity index (χ3v) is 3.53. The molecule has 0 amide bonds. The van der Waals surface area contributed by atoms with Crippen LogP contribution in [0, 0.1) is 5.41 Å². The van der Waals surface area contributed by atoms with E-state index in [-0.39, 0.29) is 11.9 Å². The fourth-order valence-electron chi connectivity index (χ4n) is 1.82. The SMILES string of the molecule is N=C(N)C1CN(CCc2ccsc2)CCO1. The van der Waals surface area contributed by atoms with E-state index in [4.69, 9.17) is 15.9 Å². The van der Waals surface area contributed by atoms with Crippen molar-refractivity contribution in [2.24, 2.45) is 5.73 Å². The maximum atomic E-state index is 7.38. The second-order valence-corrected chi connectivity index (χ2v) is 4.78. The number of thiophene rings is 1. The number of nitrogens with one attached hydrogen (secondary N) is 1. The fraction of sp³-hybridized carbons (Fsp3) is 0.545. The predicted octanol–water partition coefficient (Wildman–Crippen LogP) is 0.927. The molecule has 1 fully saturated rings. The lowest BCUT2D eigenvalue weighted by Gasteiger charge is -2.32. The number of ether oxygens (including phenoxy) is 1. The van der Waals surface area contributed by atoms with Gasteiger partial charge in [-0.05, 0) is 28.8 Å². The monoisotopic (exact) mass is 239 g/mol. The molecule has 16 heavy (non-hydrogen) atoms. The summed E-state index contributed by atoms with van der Waals surface area (Å²) < 4.78 is 5.42. The van der Waals surface area contributed by atoms with Crippen LogP contribution in [-0.2, 0) is 11.2 Å². The highest BCUT2D eigenvalue weighted by atomic mass is 32.1. The molecule has 1 atom stereocenters. The minimum absolute atomic E-state index is 0.139. The molecule has 1 aromatic rings. The largest absolute Gasteiger partial charge is 0.385 e. The highest BCUT2D eigenvalue weighted by Crippen LogP contribution is 2.10. The van der Waals surface area contributed by atoms with Crippen LogP contribution in [0.25, 0.3) is 0 Å². The maximum absolute atomic E-state index is 7.38. The smallest absolute Gasteiger partial charge is 0.127 e. The Balaban J connectivity index is 1.79. The summed E-state index contributed by atoms with van der Waals surface area (Å²) in [5.41, 5.74) is 6.84. The van der Waals surface area contributed by atoms with E-state index in [2.05, 4.69) is 21.7 Å². The molecule has 1 aliphatic heterocycles. The standard InChI is InChI=1S/C11H17N3OS/c12-11(13)10-7-14(4-5-15-10)3-1-9-2-6-16-8-9/h2,6,8,10H,1,3-5,7H2,(H3,12,13). The van der Waals surface area contributed by atoms with E-state index >= 15 is 0 Å². The Hall–Kier alpha value is -0.910. The molecule has 2 heterocycles. The van der Waals surface area contributed by atoms with Gasteiger partial charge in [-0.3, -0.25) is 10.3 Å². The topological polar surface area (TPSA) is 62.3 Å². The highest BCUT2D eigenvalue weighted by Gasteiger charge is 2.22. The van der Waals surface area contributed by atoms with Gasteiger partial charge < -0.3 is 10.5 Å². The molecule has 2 rings (SSSR count). The molecule has 1 saturated heterocycles. The summed E-state index contributed by atoms with van der Waals surface area (Å²) in [6.07, 6.45) is 0.852. The second-order valence-electron chi connectivity index (χ2n) is 4.00. The number of morpholine rings is 1. The molecule has 1 aromatic heterocycles. The summed E-state index contributed by atoms with van der Waals surface area (Å²) in [4.78, 5) is 2.31. The molecule has 4 nitrogen and oxygen atoms in total. The van der Waals surface area contributed by atoms with Gasteiger partial charge in [0.05, 0.1) is 6.61 Å². The Kier molecular flexibility index (Phi) is 3.93. The first-order chi connectivity index (χ1) is 7.75. The number of rotatable bonds is 4. The molecule has 3 N–H and O–H groups in total. The van der Waals surface area contributed by atoms with Crippen molar-refractivity contribution in [3.63, 3.8) is 0 Å². The van der Waals surface area contributed by atoms with Gasteiger partial charge in [0, 0.05) is 19.6 Å². The van der Waals surface area contributed by atoms with Crippen LogP contribution >= 0.6 is 11.3 Å². The minimum Gasteiger partial charge on any atom is -0.385 e. The van der Waals surface area contributed by atoms with Crippen LogP contribution in [0.15, 0.2) is 16.8 Å². The zero-order valence-corrected chi connectivity index (χ0v) is 10.0. The molecule has 1 aliphatic rings. The van der Waals surface area contributed by atoms with Gasteiger partial charge in [0.1, 0.15) is 11.9 Å². The molecular formula is C11H17N3OS. The molecule has 0 saturated carbocycles. The van der Waals surface area contributed by atoms with E-state index in [0.29, 0.717) is 6.61 Å². The van der Waals surface area contributed by atoms with Gasteiger partial charge in [0.15, 0.2) is 0 Å². The number of amidine groups is 1. The van der Waals surface area contributed by atoms with Crippen molar-refractivity contribution in [1.82, 2.24) is 4.90 Å². The Morgan fingerprint density at radius 3 is 3.25 bits per heavy atom. The zero-order chi connectivity index (χ0) is 11.4. The Labute approximate surface area is 99.5 Å². The Morgan fingerprint density at radius 2 is 2.56 bits per heavy atom. The average molecular weight is 239 g/mol. The first-order valence-electron chi connectivity index (χ1n) is 5.44. The molecule has 0 bridgehead atoms. The van der Waals surface area contributed by atoms with Crippen molar-refractivity contribution in [3.05, 3.63) is 22.4 Å². The quantitative estimate of drug-likeness (QED) is 0.607. The lowest BCUT2D eigenvalue weighted by molar-refractivity contribution is 0.00617. The van der Waals surface area contributed by atoms with Crippen molar-refractivity contribution in [3.8, 4) is 0 Å². The summed E-state index contributed by atoms with van der Waals surface area (Å²) in [7, 11) is 0. The summed E-state index contributed by atoms with van der Waals surface area (Å²) >= 11 is 1.73. The molecular weight excluding hydrogens is 222 g/mol. The molecule has 1 unspecified atom stereocenters. The van der Waals surface area contributed by atoms with E-state index in [0.717, 1.165) is 26.1 Å². The summed E-state index contributed by atoms with van der Waals surface area (Å²) in [5, 5.41) is 11.7. The number of hydrogen-bond acceptors (Lipinski definition) is 4. The van der Waals surface area contributed by atoms with E-state index in [1.54, 1.807) is 11.3 Å². The van der Waals surface area contributed by atoms with E-state index in [1.165, 1.54) is 5.56 Å². The van der Waals surface area contributed by atoms with Gasteiger partial charge in [-0.1, -0.05) is 0 Å². The molecule has 88 valence electrons. The maximum Gasteiger partial charge on any atom is 0.127 e. The average Bonchev–Trinajstić information content (AvgIpc) is 2.79. The van der Waals surface area contributed by atoms with Gasteiger partial charge in [0.25, 0.3) is 0 Å². The van der Waals surface area contributed by atoms with Gasteiger partial charge in [-0.25, -0.2) is 0 Å². The van der Waals surface area contributed by atoms with Crippen LogP contribution in [0.3, 0.4) is 0 Å². The van der Waals surface area contributed by atoms with E-state index in [9.17, 15) is 0 Å². The van der Waals surface area contributed by atoms with Crippen molar-refractivity contribution >= 4 is 17.2 Å². The predicted molar refractivity (Wildman–Crippen MR) is 66.1 cm³/mol. The number of nitrogens with zero attached hydrogens (tertiary/aromatic N) is 1. The Morgan fingerprint density at radius 1 is 1.69 bits per heavy atom. The molecule has 0 radical (unpaired) electrons. The van der Waals surface area contributed by atoms with Crippen molar-refractivity contribution in [1.29, 1.82) is 5.41 Å². The summed E-state index contributed by atoms with van der Waals surface area (Å²) in [6.45, 7) is 3.38. The number of nitrogens with two attached hydrogens (primary N) is 1. The first-order valence-corrected chi connectivity index (χ1v) is 6.39. The molecule has 5 heteroatoms. The first kappa shape index (κ1) is 11.6. The van der Waals surface area contributed by atoms with Crippen LogP contribution < -0.4 is 5.73 Å². The third-order valence-electron chi connectivity index (χ3n) is 2.79. The molecule has 0 aromatic carbocycles. The van der Waals surface area contributed by atoms with E-state index < -0.39 is 0 Å². The third kappa shape index (κ3) is 3.04. The van der Waals surface area contributed by atoms with Crippen LogP contribution in [0.2, 0.25) is 0 Å². The van der Waals surface area contributed by atoms with Crippen LogP contribution in [-0.4, -0.2) is 43.1 Å². The summed E-state index contributed by atoms with van der Waals surface area (Å²) in [6, 6.07) is 2.16. The highest BCUT2D eigenvalue weighted by molar-refractivity contribution is 7.07. The van der Waals surface area contributed by atoms with Gasteiger partial charge in [0.2, 0.25) is 0 Å². The van der Waals surface area contributed by atoms with Crippen LogP contribution in [0.4, 0.5) is 0 Å². The van der Waals surface area contributed by atoms with E-state index in [1.807, 2.05) is 0 Å². The van der Waals surface area contributed by atoms with Gasteiger partial charge in [-0.2, -0.15) is 11.3 Å². The molecule has 0 aliphatic carbocycles. The fourth-order valence-corrected chi connectivity index (χ4v) is 2.52. The second kappa shape index (κ2) is 5.43. The zero-order valence-electron chi connectivity index (χ0n) is 9.19. The van der Waals surface area contributed by atoms with Crippen molar-refractivity contribution < 1.29 is 4.74 Å². The lowest BCUT2D eigenvalue weighted by atomic mass is 10.2. The lowest BCUT2D eigenvalue weighted by Crippen LogP contribution is -2.48. The van der Waals surface area contributed by atoms with Gasteiger partial charge >= 0.3 is 0 Å².